The first-order valence-corrected chi connectivity index (χ1v) is 5.66. The van der Waals surface area contributed by atoms with Crippen molar-refractivity contribution in [2.45, 2.75) is 26.0 Å². The van der Waals surface area contributed by atoms with Crippen molar-refractivity contribution in [2.24, 2.45) is 0 Å². The van der Waals surface area contributed by atoms with Gasteiger partial charge in [0.2, 0.25) is 0 Å². The predicted molar refractivity (Wildman–Crippen MR) is 64.3 cm³/mol. The summed E-state index contributed by atoms with van der Waals surface area (Å²) in [5.41, 5.74) is 0.538. The molecule has 0 aliphatic rings. The Hall–Kier alpha value is -0.640. The lowest BCUT2D eigenvalue weighted by atomic mass is 10.1. The van der Waals surface area contributed by atoms with Gasteiger partial charge in [-0.2, -0.15) is 0 Å². The summed E-state index contributed by atoms with van der Waals surface area (Å²) in [6.07, 6.45) is 0.123. The third-order valence-corrected chi connectivity index (χ3v) is 2.51. The van der Waals surface area contributed by atoms with Crippen molar-refractivity contribution in [1.29, 1.82) is 0 Å². The smallest absolute Gasteiger partial charge is 0.128 e. The van der Waals surface area contributed by atoms with E-state index in [9.17, 15) is 4.39 Å². The number of likely N-dealkylation sites (N-methyl/N-ethyl adjacent to an activating group) is 1. The van der Waals surface area contributed by atoms with E-state index in [0.717, 1.165) is 0 Å². The van der Waals surface area contributed by atoms with Gasteiger partial charge in [-0.25, -0.2) is 4.39 Å². The average molecular weight is 246 g/mol. The summed E-state index contributed by atoms with van der Waals surface area (Å²) in [5.74, 6) is -0.267. The van der Waals surface area contributed by atoms with Gasteiger partial charge in [-0.15, -0.1) is 0 Å². The second-order valence-corrected chi connectivity index (χ2v) is 4.33. The maximum Gasteiger partial charge on any atom is 0.128 e. The molecule has 0 aliphatic carbocycles. The van der Waals surface area contributed by atoms with Gasteiger partial charge < -0.3 is 10.1 Å². The van der Waals surface area contributed by atoms with E-state index in [-0.39, 0.29) is 18.0 Å². The normalized spacial score (nSPS) is 13.1. The Balaban J connectivity index is 2.81. The van der Waals surface area contributed by atoms with Crippen molar-refractivity contribution in [3.63, 3.8) is 0 Å². The summed E-state index contributed by atoms with van der Waals surface area (Å²) >= 11 is 5.85. The number of hydrogen-bond donors (Lipinski definition) is 1. The Bertz CT molecular complexity index is 344. The Labute approximate surface area is 101 Å². The van der Waals surface area contributed by atoms with Crippen LogP contribution in [0.1, 0.15) is 25.5 Å². The Morgan fingerprint density at radius 1 is 1.44 bits per heavy atom. The van der Waals surface area contributed by atoms with Crippen molar-refractivity contribution < 1.29 is 9.13 Å². The van der Waals surface area contributed by atoms with E-state index in [1.54, 1.807) is 13.1 Å². The van der Waals surface area contributed by atoms with Gasteiger partial charge in [0.15, 0.2) is 0 Å². The zero-order valence-electron chi connectivity index (χ0n) is 9.76. The lowest BCUT2D eigenvalue weighted by molar-refractivity contribution is 0.0619. The molecular formula is C12H17ClFNO. The standard InChI is InChI=1S/C12H17ClFNO/c1-8(2)16-7-12(15-3)10-6-9(13)4-5-11(10)14/h4-6,8,12,15H,7H2,1-3H3. The molecule has 1 rings (SSSR count). The molecule has 0 bridgehead atoms. The highest BCUT2D eigenvalue weighted by Crippen LogP contribution is 2.21. The van der Waals surface area contributed by atoms with Crippen LogP contribution in [0.3, 0.4) is 0 Å². The van der Waals surface area contributed by atoms with Crippen molar-refractivity contribution >= 4 is 11.6 Å². The second-order valence-electron chi connectivity index (χ2n) is 3.89. The van der Waals surface area contributed by atoms with Crippen LogP contribution in [0, 0.1) is 5.82 Å². The molecule has 90 valence electrons. The highest BCUT2D eigenvalue weighted by atomic mass is 35.5. The maximum absolute atomic E-state index is 13.6. The molecule has 0 fully saturated rings. The largest absolute Gasteiger partial charge is 0.377 e. The Kier molecular flexibility index (Phi) is 5.19. The summed E-state index contributed by atoms with van der Waals surface area (Å²) in [5, 5.41) is 3.55. The number of rotatable bonds is 5. The molecule has 1 N–H and O–H groups in total. The molecule has 4 heteroatoms. The fourth-order valence-electron chi connectivity index (χ4n) is 1.40. The van der Waals surface area contributed by atoms with Gasteiger partial charge in [0.05, 0.1) is 18.8 Å². The van der Waals surface area contributed by atoms with E-state index in [0.29, 0.717) is 17.2 Å². The van der Waals surface area contributed by atoms with Crippen LogP contribution in [-0.2, 0) is 4.74 Å². The molecule has 2 nitrogen and oxygen atoms in total. The minimum Gasteiger partial charge on any atom is -0.377 e. The quantitative estimate of drug-likeness (QED) is 0.861. The van der Waals surface area contributed by atoms with Crippen molar-refractivity contribution in [3.05, 3.63) is 34.6 Å². The molecule has 0 radical (unpaired) electrons. The van der Waals surface area contributed by atoms with Crippen LogP contribution in [0.4, 0.5) is 4.39 Å². The molecule has 1 aromatic carbocycles. The summed E-state index contributed by atoms with van der Waals surface area (Å²) in [6, 6.07) is 4.36. The van der Waals surface area contributed by atoms with Crippen molar-refractivity contribution in [1.82, 2.24) is 5.32 Å². The molecule has 1 aromatic rings. The minimum absolute atomic E-state index is 0.123. The van der Waals surface area contributed by atoms with E-state index in [1.165, 1.54) is 12.1 Å². The minimum atomic E-state index is -0.267. The molecule has 16 heavy (non-hydrogen) atoms. The van der Waals surface area contributed by atoms with Crippen LogP contribution in [0.5, 0.6) is 0 Å². The van der Waals surface area contributed by atoms with Gasteiger partial charge in [-0.05, 0) is 39.1 Å². The molecule has 0 aliphatic heterocycles. The number of ether oxygens (including phenoxy) is 1. The van der Waals surface area contributed by atoms with Crippen molar-refractivity contribution in [3.8, 4) is 0 Å². The molecule has 0 heterocycles. The first-order chi connectivity index (χ1) is 7.54. The third-order valence-electron chi connectivity index (χ3n) is 2.28. The second kappa shape index (κ2) is 6.18. The van der Waals surface area contributed by atoms with Crippen LogP contribution in [0.2, 0.25) is 5.02 Å². The monoisotopic (exact) mass is 245 g/mol. The van der Waals surface area contributed by atoms with Crippen LogP contribution in [0.25, 0.3) is 0 Å². The van der Waals surface area contributed by atoms with E-state index in [2.05, 4.69) is 5.32 Å². The van der Waals surface area contributed by atoms with Gasteiger partial charge >= 0.3 is 0 Å². The average Bonchev–Trinajstić information content (AvgIpc) is 2.23. The van der Waals surface area contributed by atoms with E-state index >= 15 is 0 Å². The zero-order chi connectivity index (χ0) is 12.1. The molecule has 1 atom stereocenters. The van der Waals surface area contributed by atoms with Crippen LogP contribution < -0.4 is 5.32 Å². The first-order valence-electron chi connectivity index (χ1n) is 5.28. The SMILES string of the molecule is CNC(COC(C)C)c1cc(Cl)ccc1F. The lowest BCUT2D eigenvalue weighted by Gasteiger charge is -2.19. The van der Waals surface area contributed by atoms with E-state index < -0.39 is 0 Å². The van der Waals surface area contributed by atoms with Gasteiger partial charge in [-0.3, -0.25) is 0 Å². The number of nitrogens with one attached hydrogen (secondary N) is 1. The van der Waals surface area contributed by atoms with Crippen LogP contribution in [0.15, 0.2) is 18.2 Å². The topological polar surface area (TPSA) is 21.3 Å². The fraction of sp³-hybridized carbons (Fsp3) is 0.500. The van der Waals surface area contributed by atoms with Gasteiger partial charge in [0.1, 0.15) is 5.82 Å². The summed E-state index contributed by atoms with van der Waals surface area (Å²) in [6.45, 7) is 4.31. The zero-order valence-corrected chi connectivity index (χ0v) is 10.5. The molecule has 0 amide bonds. The highest BCUT2D eigenvalue weighted by molar-refractivity contribution is 6.30. The molecule has 0 saturated heterocycles. The molecule has 0 aromatic heterocycles. The van der Waals surface area contributed by atoms with Gasteiger partial charge in [-0.1, -0.05) is 11.6 Å². The van der Waals surface area contributed by atoms with Crippen LogP contribution in [-0.4, -0.2) is 19.8 Å². The fourth-order valence-corrected chi connectivity index (χ4v) is 1.58. The lowest BCUT2D eigenvalue weighted by Crippen LogP contribution is -2.24. The summed E-state index contributed by atoms with van der Waals surface area (Å²) in [7, 11) is 1.77. The maximum atomic E-state index is 13.6. The summed E-state index contributed by atoms with van der Waals surface area (Å²) in [4.78, 5) is 0. The van der Waals surface area contributed by atoms with Gasteiger partial charge in [0, 0.05) is 10.6 Å². The molecular weight excluding hydrogens is 229 g/mol. The third kappa shape index (κ3) is 3.74. The summed E-state index contributed by atoms with van der Waals surface area (Å²) < 4.78 is 19.0. The molecule has 0 saturated carbocycles. The van der Waals surface area contributed by atoms with Crippen molar-refractivity contribution in [2.75, 3.05) is 13.7 Å². The first kappa shape index (κ1) is 13.4. The van der Waals surface area contributed by atoms with Gasteiger partial charge in [0.25, 0.3) is 0 Å². The van der Waals surface area contributed by atoms with E-state index in [4.69, 9.17) is 16.3 Å². The number of benzene rings is 1. The number of halogens is 2. The van der Waals surface area contributed by atoms with E-state index in [1.807, 2.05) is 13.8 Å². The number of hydrogen-bond acceptors (Lipinski definition) is 2. The predicted octanol–water partition coefficient (Wildman–Crippen LogP) is 3.16. The van der Waals surface area contributed by atoms with Crippen LogP contribution >= 0.6 is 11.6 Å². The Morgan fingerprint density at radius 3 is 2.69 bits per heavy atom. The molecule has 0 spiro atoms. The molecule has 1 unspecified atom stereocenters. The Morgan fingerprint density at radius 2 is 2.12 bits per heavy atom. The highest BCUT2D eigenvalue weighted by Gasteiger charge is 2.15.